The van der Waals surface area contributed by atoms with Gasteiger partial charge < -0.3 is 5.73 Å². The van der Waals surface area contributed by atoms with Crippen LogP contribution >= 0.6 is 11.3 Å². The summed E-state index contributed by atoms with van der Waals surface area (Å²) in [4.78, 5) is 4.15. The Bertz CT molecular complexity index is 440. The molecule has 3 atom stereocenters. The highest BCUT2D eigenvalue weighted by molar-refractivity contribution is 7.10. The summed E-state index contributed by atoms with van der Waals surface area (Å²) < 4.78 is 0. The lowest BCUT2D eigenvalue weighted by Crippen LogP contribution is -2.38. The average molecular weight is 278 g/mol. The molecular weight excluding hydrogens is 252 g/mol. The molecule has 2 N–H and O–H groups in total. The van der Waals surface area contributed by atoms with E-state index in [0.717, 1.165) is 12.6 Å². The first-order valence-corrected chi connectivity index (χ1v) is 8.30. The molecule has 1 aliphatic carbocycles. The number of thiophene rings is 1. The van der Waals surface area contributed by atoms with Crippen LogP contribution < -0.4 is 5.73 Å². The number of hydrogen-bond acceptors (Lipinski definition) is 3. The van der Waals surface area contributed by atoms with Crippen molar-refractivity contribution in [2.75, 3.05) is 13.1 Å². The molecule has 3 heteroatoms. The SMILES string of the molecule is CC1(C)CC2CC(C)(CN2C(CN)c2cccs2)C1. The van der Waals surface area contributed by atoms with Gasteiger partial charge in [-0.05, 0) is 41.5 Å². The van der Waals surface area contributed by atoms with Gasteiger partial charge in [-0.3, -0.25) is 4.90 Å². The Labute approximate surface area is 121 Å². The van der Waals surface area contributed by atoms with E-state index in [9.17, 15) is 0 Å². The summed E-state index contributed by atoms with van der Waals surface area (Å²) in [5.41, 5.74) is 7.09. The first-order chi connectivity index (χ1) is 8.92. The maximum atomic E-state index is 6.10. The summed E-state index contributed by atoms with van der Waals surface area (Å²) in [7, 11) is 0. The molecule has 1 saturated carbocycles. The van der Waals surface area contributed by atoms with Crippen molar-refractivity contribution in [3.05, 3.63) is 22.4 Å². The third-order valence-corrected chi connectivity index (χ3v) is 5.92. The van der Waals surface area contributed by atoms with Gasteiger partial charge in [-0.1, -0.05) is 26.8 Å². The van der Waals surface area contributed by atoms with Crippen LogP contribution in [0.1, 0.15) is 51.0 Å². The molecule has 106 valence electrons. The number of hydrogen-bond donors (Lipinski definition) is 1. The molecule has 1 aliphatic heterocycles. The Morgan fingerprint density at radius 1 is 1.42 bits per heavy atom. The van der Waals surface area contributed by atoms with Gasteiger partial charge in [0, 0.05) is 24.0 Å². The van der Waals surface area contributed by atoms with Gasteiger partial charge in [-0.2, -0.15) is 0 Å². The molecule has 0 radical (unpaired) electrons. The second-order valence-corrected chi connectivity index (χ2v) is 8.63. The Morgan fingerprint density at radius 3 is 2.84 bits per heavy atom. The van der Waals surface area contributed by atoms with Gasteiger partial charge in [-0.25, -0.2) is 0 Å². The molecule has 1 saturated heterocycles. The molecule has 2 bridgehead atoms. The number of likely N-dealkylation sites (tertiary alicyclic amines) is 1. The van der Waals surface area contributed by atoms with Crippen LogP contribution in [0.4, 0.5) is 0 Å². The quantitative estimate of drug-likeness (QED) is 0.914. The number of fused-ring (bicyclic) bond motifs is 2. The molecule has 19 heavy (non-hydrogen) atoms. The second kappa shape index (κ2) is 4.57. The maximum Gasteiger partial charge on any atom is 0.0566 e. The van der Waals surface area contributed by atoms with E-state index in [1.54, 1.807) is 0 Å². The third-order valence-electron chi connectivity index (χ3n) is 4.95. The molecule has 1 aromatic heterocycles. The molecule has 3 unspecified atom stereocenters. The van der Waals surface area contributed by atoms with E-state index in [1.807, 2.05) is 11.3 Å². The van der Waals surface area contributed by atoms with Crippen molar-refractivity contribution in [1.29, 1.82) is 0 Å². The summed E-state index contributed by atoms with van der Waals surface area (Å²) in [5.74, 6) is 0. The van der Waals surface area contributed by atoms with Gasteiger partial charge in [-0.15, -0.1) is 11.3 Å². The van der Waals surface area contributed by atoms with Crippen molar-refractivity contribution < 1.29 is 0 Å². The minimum Gasteiger partial charge on any atom is -0.329 e. The van der Waals surface area contributed by atoms with Crippen LogP contribution in [0, 0.1) is 10.8 Å². The normalized spacial score (nSPS) is 35.5. The molecule has 2 aliphatic rings. The van der Waals surface area contributed by atoms with Crippen LogP contribution in [-0.2, 0) is 0 Å². The van der Waals surface area contributed by atoms with Gasteiger partial charge >= 0.3 is 0 Å². The zero-order valence-electron chi connectivity index (χ0n) is 12.4. The highest BCUT2D eigenvalue weighted by Gasteiger charge is 2.51. The van der Waals surface area contributed by atoms with Crippen LogP contribution in [0.25, 0.3) is 0 Å². The van der Waals surface area contributed by atoms with Crippen molar-refractivity contribution in [3.8, 4) is 0 Å². The van der Waals surface area contributed by atoms with Crippen LogP contribution in [-0.4, -0.2) is 24.0 Å². The lowest BCUT2D eigenvalue weighted by molar-refractivity contribution is 0.119. The fourth-order valence-electron chi connectivity index (χ4n) is 4.76. The average Bonchev–Trinajstić information content (AvgIpc) is 2.86. The standard InChI is InChI=1S/C16H26N2S/c1-15(2)7-12-8-16(3,10-15)11-18(12)13(9-17)14-5-4-6-19-14/h4-6,12-13H,7-11,17H2,1-3H3. The van der Waals surface area contributed by atoms with Crippen molar-refractivity contribution in [1.82, 2.24) is 4.90 Å². The van der Waals surface area contributed by atoms with Crippen molar-refractivity contribution >= 4 is 11.3 Å². The van der Waals surface area contributed by atoms with E-state index in [-0.39, 0.29) is 0 Å². The predicted molar refractivity (Wildman–Crippen MR) is 82.3 cm³/mol. The molecule has 2 fully saturated rings. The van der Waals surface area contributed by atoms with Crippen LogP contribution in [0.3, 0.4) is 0 Å². The number of nitrogens with two attached hydrogens (primary N) is 1. The smallest absolute Gasteiger partial charge is 0.0566 e. The Morgan fingerprint density at radius 2 is 2.21 bits per heavy atom. The van der Waals surface area contributed by atoms with E-state index in [4.69, 9.17) is 5.73 Å². The number of nitrogens with zero attached hydrogens (tertiary/aromatic N) is 1. The van der Waals surface area contributed by atoms with Gasteiger partial charge in [0.25, 0.3) is 0 Å². The van der Waals surface area contributed by atoms with Crippen molar-refractivity contribution in [3.63, 3.8) is 0 Å². The van der Waals surface area contributed by atoms with Crippen molar-refractivity contribution in [2.45, 2.75) is 52.1 Å². The first-order valence-electron chi connectivity index (χ1n) is 7.42. The largest absolute Gasteiger partial charge is 0.329 e. The fourth-order valence-corrected chi connectivity index (χ4v) is 5.62. The first kappa shape index (κ1) is 13.6. The number of rotatable bonds is 3. The summed E-state index contributed by atoms with van der Waals surface area (Å²) in [6.45, 7) is 9.31. The van der Waals surface area contributed by atoms with Gasteiger partial charge in [0.05, 0.1) is 6.04 Å². The lowest BCUT2D eigenvalue weighted by Gasteiger charge is -2.40. The molecule has 1 aromatic rings. The van der Waals surface area contributed by atoms with E-state index in [1.165, 1.54) is 30.7 Å². The van der Waals surface area contributed by atoms with E-state index < -0.39 is 0 Å². The zero-order valence-corrected chi connectivity index (χ0v) is 13.2. The highest BCUT2D eigenvalue weighted by atomic mass is 32.1. The Hall–Kier alpha value is -0.380. The van der Waals surface area contributed by atoms with Gasteiger partial charge in [0.1, 0.15) is 0 Å². The monoisotopic (exact) mass is 278 g/mol. The zero-order chi connectivity index (χ0) is 13.7. The summed E-state index contributed by atoms with van der Waals surface area (Å²) in [5, 5.41) is 2.17. The Balaban J connectivity index is 1.86. The van der Waals surface area contributed by atoms with Crippen molar-refractivity contribution in [2.24, 2.45) is 16.6 Å². The lowest BCUT2D eigenvalue weighted by atomic mass is 9.65. The summed E-state index contributed by atoms with van der Waals surface area (Å²) in [6, 6.07) is 5.55. The Kier molecular flexibility index (Phi) is 3.27. The molecule has 3 rings (SSSR count). The van der Waals surface area contributed by atoms with Gasteiger partial charge in [0.2, 0.25) is 0 Å². The topological polar surface area (TPSA) is 29.3 Å². The molecule has 0 aromatic carbocycles. The predicted octanol–water partition coefficient (Wildman–Crippen LogP) is 3.65. The molecule has 2 heterocycles. The maximum absolute atomic E-state index is 6.10. The molecule has 0 spiro atoms. The molecular formula is C16H26N2S. The van der Waals surface area contributed by atoms with Crippen LogP contribution in [0.5, 0.6) is 0 Å². The van der Waals surface area contributed by atoms with E-state index in [0.29, 0.717) is 16.9 Å². The third kappa shape index (κ3) is 2.48. The molecule has 2 nitrogen and oxygen atoms in total. The van der Waals surface area contributed by atoms with Crippen LogP contribution in [0.2, 0.25) is 0 Å². The van der Waals surface area contributed by atoms with Gasteiger partial charge in [0.15, 0.2) is 0 Å². The second-order valence-electron chi connectivity index (χ2n) is 7.65. The summed E-state index contributed by atoms with van der Waals surface area (Å²) in [6.07, 6.45) is 4.04. The minimum atomic E-state index is 0.431. The fraction of sp³-hybridized carbons (Fsp3) is 0.750. The summed E-state index contributed by atoms with van der Waals surface area (Å²) >= 11 is 1.85. The van der Waals surface area contributed by atoms with Crippen LogP contribution in [0.15, 0.2) is 17.5 Å². The van der Waals surface area contributed by atoms with E-state index in [2.05, 4.69) is 43.2 Å². The highest BCUT2D eigenvalue weighted by Crippen LogP contribution is 2.54. The minimum absolute atomic E-state index is 0.431. The van der Waals surface area contributed by atoms with E-state index >= 15 is 0 Å². The molecule has 0 amide bonds.